The summed E-state index contributed by atoms with van der Waals surface area (Å²) in [7, 11) is 3.07. The van der Waals surface area contributed by atoms with Crippen LogP contribution in [0, 0.1) is 11.8 Å². The van der Waals surface area contributed by atoms with E-state index in [-0.39, 0.29) is 18.4 Å². The summed E-state index contributed by atoms with van der Waals surface area (Å²) in [5, 5.41) is 11.8. The number of carbonyl (C=O) groups excluding carboxylic acids is 2. The standard InChI is InChI=1S/C14H24N2O5/c1-16(9-12(17)15-7-8-21-2)13(18)10-5-3-4-6-11(10)14(19)20/h10-11H,3-9H2,1-2H3,(H,15,17)(H,19,20). The lowest BCUT2D eigenvalue weighted by atomic mass is 9.78. The molecule has 1 saturated carbocycles. The molecule has 1 rings (SSSR count). The number of rotatable bonds is 7. The van der Waals surface area contributed by atoms with Crippen LogP contribution < -0.4 is 5.32 Å². The highest BCUT2D eigenvalue weighted by atomic mass is 16.5. The van der Waals surface area contributed by atoms with E-state index in [0.717, 1.165) is 12.8 Å². The second-order valence-corrected chi connectivity index (χ2v) is 5.37. The lowest BCUT2D eigenvalue weighted by Crippen LogP contribution is -2.45. The first kappa shape index (κ1) is 17.4. The number of carboxylic acids is 1. The molecule has 0 bridgehead atoms. The molecule has 0 aromatic rings. The van der Waals surface area contributed by atoms with E-state index in [2.05, 4.69) is 5.32 Å². The van der Waals surface area contributed by atoms with Crippen molar-refractivity contribution < 1.29 is 24.2 Å². The van der Waals surface area contributed by atoms with Crippen LogP contribution in [0.2, 0.25) is 0 Å². The second-order valence-electron chi connectivity index (χ2n) is 5.37. The fourth-order valence-electron chi connectivity index (χ4n) is 2.65. The molecule has 7 heteroatoms. The predicted molar refractivity (Wildman–Crippen MR) is 75.6 cm³/mol. The number of methoxy groups -OCH3 is 1. The number of hydrogen-bond donors (Lipinski definition) is 2. The summed E-state index contributed by atoms with van der Waals surface area (Å²) in [5.41, 5.74) is 0. The topological polar surface area (TPSA) is 95.9 Å². The Hall–Kier alpha value is -1.63. The average Bonchev–Trinajstić information content (AvgIpc) is 2.46. The average molecular weight is 300 g/mol. The number of carbonyl (C=O) groups is 3. The van der Waals surface area contributed by atoms with Gasteiger partial charge in [0.1, 0.15) is 0 Å². The van der Waals surface area contributed by atoms with E-state index in [9.17, 15) is 19.5 Å². The van der Waals surface area contributed by atoms with E-state index in [1.54, 1.807) is 0 Å². The molecular formula is C14H24N2O5. The predicted octanol–water partition coefficient (Wildman–Crippen LogP) is 0.0984. The summed E-state index contributed by atoms with van der Waals surface area (Å²) < 4.78 is 4.82. The quantitative estimate of drug-likeness (QED) is 0.650. The minimum Gasteiger partial charge on any atom is -0.481 e. The zero-order valence-electron chi connectivity index (χ0n) is 12.6. The van der Waals surface area contributed by atoms with Crippen LogP contribution in [-0.4, -0.2) is 61.6 Å². The second kappa shape index (κ2) is 8.61. The number of ether oxygens (including phenoxy) is 1. The Labute approximate surface area is 124 Å². The molecule has 2 amide bonds. The molecule has 21 heavy (non-hydrogen) atoms. The lowest BCUT2D eigenvalue weighted by Gasteiger charge is -2.30. The van der Waals surface area contributed by atoms with Crippen molar-refractivity contribution in [3.63, 3.8) is 0 Å². The number of amides is 2. The molecule has 0 spiro atoms. The molecule has 0 aromatic carbocycles. The van der Waals surface area contributed by atoms with Gasteiger partial charge in [-0.2, -0.15) is 0 Å². The number of aliphatic carboxylic acids is 1. The first-order valence-corrected chi connectivity index (χ1v) is 7.20. The highest BCUT2D eigenvalue weighted by molar-refractivity contribution is 5.88. The summed E-state index contributed by atoms with van der Waals surface area (Å²) in [6, 6.07) is 0. The number of hydrogen-bond acceptors (Lipinski definition) is 4. The van der Waals surface area contributed by atoms with Crippen LogP contribution in [0.1, 0.15) is 25.7 Å². The minimum absolute atomic E-state index is 0.0641. The lowest BCUT2D eigenvalue weighted by molar-refractivity contribution is -0.152. The van der Waals surface area contributed by atoms with Gasteiger partial charge in [-0.1, -0.05) is 12.8 Å². The van der Waals surface area contributed by atoms with Gasteiger partial charge in [0.15, 0.2) is 0 Å². The van der Waals surface area contributed by atoms with E-state index in [1.165, 1.54) is 19.1 Å². The Kier molecular flexibility index (Phi) is 7.14. The summed E-state index contributed by atoms with van der Waals surface area (Å²) in [4.78, 5) is 36.5. The van der Waals surface area contributed by atoms with Gasteiger partial charge in [0.05, 0.1) is 25.0 Å². The van der Waals surface area contributed by atoms with Crippen LogP contribution in [0.25, 0.3) is 0 Å². The van der Waals surface area contributed by atoms with E-state index in [4.69, 9.17) is 4.74 Å². The Bertz CT molecular complexity index is 386. The van der Waals surface area contributed by atoms with Crippen molar-refractivity contribution in [2.75, 3.05) is 33.9 Å². The maximum absolute atomic E-state index is 12.3. The van der Waals surface area contributed by atoms with Crippen LogP contribution >= 0.6 is 0 Å². The van der Waals surface area contributed by atoms with Gasteiger partial charge < -0.3 is 20.1 Å². The minimum atomic E-state index is -0.925. The summed E-state index contributed by atoms with van der Waals surface area (Å²) in [6.45, 7) is 0.733. The van der Waals surface area contributed by atoms with Gasteiger partial charge in [0, 0.05) is 20.7 Å². The maximum Gasteiger partial charge on any atom is 0.307 e. The summed E-state index contributed by atoms with van der Waals surface area (Å²) >= 11 is 0. The Morgan fingerprint density at radius 3 is 2.43 bits per heavy atom. The van der Waals surface area contributed by atoms with Gasteiger partial charge in [-0.25, -0.2) is 0 Å². The van der Waals surface area contributed by atoms with Crippen LogP contribution in [0.3, 0.4) is 0 Å². The third-order valence-electron chi connectivity index (χ3n) is 3.79. The first-order chi connectivity index (χ1) is 9.97. The molecule has 2 N–H and O–H groups in total. The molecule has 0 saturated heterocycles. The largest absolute Gasteiger partial charge is 0.481 e. The van der Waals surface area contributed by atoms with Crippen molar-refractivity contribution in [3.8, 4) is 0 Å². The number of nitrogens with zero attached hydrogens (tertiary/aromatic N) is 1. The third-order valence-corrected chi connectivity index (χ3v) is 3.79. The fourth-order valence-corrected chi connectivity index (χ4v) is 2.65. The molecule has 2 unspecified atom stereocenters. The SMILES string of the molecule is COCCNC(=O)CN(C)C(=O)C1CCCCC1C(=O)O. The van der Waals surface area contributed by atoms with E-state index >= 15 is 0 Å². The molecule has 0 heterocycles. The van der Waals surface area contributed by atoms with Crippen LogP contribution in [0.4, 0.5) is 0 Å². The molecule has 120 valence electrons. The van der Waals surface area contributed by atoms with Crippen molar-refractivity contribution in [3.05, 3.63) is 0 Å². The van der Waals surface area contributed by atoms with E-state index in [1.807, 2.05) is 0 Å². The number of carboxylic acid groups (broad SMARTS) is 1. The first-order valence-electron chi connectivity index (χ1n) is 7.20. The summed E-state index contributed by atoms with van der Waals surface area (Å²) in [6.07, 6.45) is 2.79. The molecular weight excluding hydrogens is 276 g/mol. The van der Waals surface area contributed by atoms with Crippen LogP contribution in [0.15, 0.2) is 0 Å². The maximum atomic E-state index is 12.3. The third kappa shape index (κ3) is 5.34. The molecule has 1 aliphatic carbocycles. The zero-order chi connectivity index (χ0) is 15.8. The van der Waals surface area contributed by atoms with Gasteiger partial charge in [-0.15, -0.1) is 0 Å². The van der Waals surface area contributed by atoms with Crippen molar-refractivity contribution in [1.29, 1.82) is 0 Å². The zero-order valence-corrected chi connectivity index (χ0v) is 12.6. The van der Waals surface area contributed by atoms with E-state index < -0.39 is 17.8 Å². The summed E-state index contributed by atoms with van der Waals surface area (Å²) in [5.74, 6) is -2.61. The Balaban J connectivity index is 2.52. The molecule has 7 nitrogen and oxygen atoms in total. The van der Waals surface area contributed by atoms with Crippen molar-refractivity contribution in [2.24, 2.45) is 11.8 Å². The van der Waals surface area contributed by atoms with Gasteiger partial charge in [-0.05, 0) is 12.8 Å². The molecule has 1 aliphatic rings. The molecule has 0 aliphatic heterocycles. The molecule has 0 radical (unpaired) electrons. The van der Waals surface area contributed by atoms with E-state index in [0.29, 0.717) is 26.0 Å². The number of likely N-dealkylation sites (N-methyl/N-ethyl adjacent to an activating group) is 1. The Morgan fingerprint density at radius 1 is 1.24 bits per heavy atom. The van der Waals surface area contributed by atoms with Crippen molar-refractivity contribution in [2.45, 2.75) is 25.7 Å². The smallest absolute Gasteiger partial charge is 0.307 e. The van der Waals surface area contributed by atoms with Crippen LogP contribution in [-0.2, 0) is 19.1 Å². The molecule has 0 aromatic heterocycles. The van der Waals surface area contributed by atoms with Gasteiger partial charge in [0.2, 0.25) is 11.8 Å². The molecule has 2 atom stereocenters. The normalized spacial score (nSPS) is 21.6. The van der Waals surface area contributed by atoms with Gasteiger partial charge in [0.25, 0.3) is 0 Å². The van der Waals surface area contributed by atoms with Crippen molar-refractivity contribution >= 4 is 17.8 Å². The highest BCUT2D eigenvalue weighted by Crippen LogP contribution is 2.31. The number of nitrogens with one attached hydrogen (secondary N) is 1. The Morgan fingerprint density at radius 2 is 1.86 bits per heavy atom. The van der Waals surface area contributed by atoms with Crippen molar-refractivity contribution in [1.82, 2.24) is 10.2 Å². The highest BCUT2D eigenvalue weighted by Gasteiger charge is 2.37. The molecule has 1 fully saturated rings. The van der Waals surface area contributed by atoms with Gasteiger partial charge >= 0.3 is 5.97 Å². The van der Waals surface area contributed by atoms with Gasteiger partial charge in [-0.3, -0.25) is 14.4 Å². The van der Waals surface area contributed by atoms with Crippen LogP contribution in [0.5, 0.6) is 0 Å². The monoisotopic (exact) mass is 300 g/mol. The fraction of sp³-hybridized carbons (Fsp3) is 0.786.